The number of pyridine rings is 1. The minimum absolute atomic E-state index is 0.179. The van der Waals surface area contributed by atoms with Gasteiger partial charge in [0.2, 0.25) is 0 Å². The van der Waals surface area contributed by atoms with E-state index in [9.17, 15) is 8.42 Å². The Balaban J connectivity index is 1.35. The number of hydrogen-bond acceptors (Lipinski definition) is 8. The molecule has 2 fully saturated rings. The third-order valence-electron chi connectivity index (χ3n) is 5.99. The zero-order valence-corrected chi connectivity index (χ0v) is 18.0. The van der Waals surface area contributed by atoms with Crippen LogP contribution in [-0.2, 0) is 30.4 Å². The fourth-order valence-corrected chi connectivity index (χ4v) is 4.71. The van der Waals surface area contributed by atoms with E-state index in [1.54, 1.807) is 12.4 Å². The van der Waals surface area contributed by atoms with Gasteiger partial charge in [-0.15, -0.1) is 0 Å². The third-order valence-corrected chi connectivity index (χ3v) is 6.54. The summed E-state index contributed by atoms with van der Waals surface area (Å²) in [5.41, 5.74) is 4.11. The standard InChI is InChI=1S/C21H24N4O5S/c1-31(26,27)30-14-20-22-11-17(12-23-20)16-4-7-25-19(10-16)18(13-24-25)15-2-5-21(6-3-15)28-8-9-29-21/h4,7,10-13,15H,2-3,5-6,8-9,14H2,1H3. The lowest BCUT2D eigenvalue weighted by Gasteiger charge is -2.35. The maximum absolute atomic E-state index is 11.1. The largest absolute Gasteiger partial charge is 0.348 e. The predicted molar refractivity (Wildman–Crippen MR) is 112 cm³/mol. The second-order valence-corrected chi connectivity index (χ2v) is 9.73. The van der Waals surface area contributed by atoms with Gasteiger partial charge >= 0.3 is 0 Å². The van der Waals surface area contributed by atoms with Crippen molar-refractivity contribution in [2.24, 2.45) is 0 Å². The quantitative estimate of drug-likeness (QED) is 0.553. The van der Waals surface area contributed by atoms with Gasteiger partial charge < -0.3 is 9.47 Å². The fraction of sp³-hybridized carbons (Fsp3) is 0.476. The smallest absolute Gasteiger partial charge is 0.264 e. The molecule has 1 aliphatic carbocycles. The minimum atomic E-state index is -3.53. The molecule has 0 aromatic carbocycles. The molecule has 2 aliphatic rings. The number of aromatic nitrogens is 4. The molecule has 3 aromatic rings. The first-order valence-corrected chi connectivity index (χ1v) is 12.1. The summed E-state index contributed by atoms with van der Waals surface area (Å²) >= 11 is 0. The lowest BCUT2D eigenvalue weighted by molar-refractivity contribution is -0.178. The molecular weight excluding hydrogens is 420 g/mol. The van der Waals surface area contributed by atoms with Crippen LogP contribution in [0.1, 0.15) is 43.0 Å². The average Bonchev–Trinajstić information content (AvgIpc) is 3.40. The van der Waals surface area contributed by atoms with Gasteiger partial charge in [0.1, 0.15) is 6.61 Å². The van der Waals surface area contributed by atoms with E-state index in [-0.39, 0.29) is 12.4 Å². The Kier molecular flexibility index (Phi) is 5.25. The molecule has 0 unspecified atom stereocenters. The number of hydrogen-bond donors (Lipinski definition) is 0. The predicted octanol–water partition coefficient (Wildman–Crippen LogP) is 2.67. The normalized spacial score (nSPS) is 19.4. The highest BCUT2D eigenvalue weighted by atomic mass is 32.2. The fourth-order valence-electron chi connectivity index (χ4n) is 4.39. The SMILES string of the molecule is CS(=O)(=O)OCc1ncc(-c2ccn3ncc(C4CCC5(CC4)OCCO5)c3c2)cn1. The first-order valence-electron chi connectivity index (χ1n) is 10.3. The Hall–Kier alpha value is -2.40. The van der Waals surface area contributed by atoms with Crippen molar-refractivity contribution < 1.29 is 22.1 Å². The van der Waals surface area contributed by atoms with Crippen molar-refractivity contribution in [3.8, 4) is 11.1 Å². The summed E-state index contributed by atoms with van der Waals surface area (Å²) in [5.74, 6) is 0.357. The molecule has 1 saturated carbocycles. The van der Waals surface area contributed by atoms with Crippen LogP contribution in [0.3, 0.4) is 0 Å². The van der Waals surface area contributed by atoms with Gasteiger partial charge in [0.05, 0.1) is 31.2 Å². The molecule has 5 rings (SSSR count). The molecule has 1 saturated heterocycles. The highest BCUT2D eigenvalue weighted by molar-refractivity contribution is 7.85. The van der Waals surface area contributed by atoms with Crippen molar-refractivity contribution in [1.29, 1.82) is 0 Å². The molecule has 0 radical (unpaired) electrons. The van der Waals surface area contributed by atoms with Crippen LogP contribution in [0.5, 0.6) is 0 Å². The van der Waals surface area contributed by atoms with Gasteiger partial charge in [0, 0.05) is 42.6 Å². The van der Waals surface area contributed by atoms with Gasteiger partial charge in [-0.2, -0.15) is 13.5 Å². The second-order valence-electron chi connectivity index (χ2n) is 8.08. The summed E-state index contributed by atoms with van der Waals surface area (Å²) in [6.07, 6.45) is 12.1. The van der Waals surface area contributed by atoms with Gasteiger partial charge in [-0.1, -0.05) is 0 Å². The number of fused-ring (bicyclic) bond motifs is 1. The van der Waals surface area contributed by atoms with Crippen LogP contribution in [0.2, 0.25) is 0 Å². The van der Waals surface area contributed by atoms with Crippen LogP contribution in [0.15, 0.2) is 36.9 Å². The van der Waals surface area contributed by atoms with Gasteiger partial charge in [0.25, 0.3) is 10.1 Å². The van der Waals surface area contributed by atoms with Crippen molar-refractivity contribution in [3.05, 3.63) is 48.3 Å². The molecule has 4 heterocycles. The molecule has 10 heteroatoms. The highest BCUT2D eigenvalue weighted by Crippen LogP contribution is 2.43. The Morgan fingerprint density at radius 1 is 1.13 bits per heavy atom. The zero-order chi connectivity index (χ0) is 21.5. The molecule has 0 amide bonds. The Bertz CT molecular complexity index is 1180. The third kappa shape index (κ3) is 4.33. The lowest BCUT2D eigenvalue weighted by atomic mass is 9.81. The van der Waals surface area contributed by atoms with E-state index in [1.807, 2.05) is 23.0 Å². The number of rotatable bonds is 5. The summed E-state index contributed by atoms with van der Waals surface area (Å²) in [6.45, 7) is 1.19. The average molecular weight is 445 g/mol. The van der Waals surface area contributed by atoms with E-state index in [1.165, 1.54) is 5.56 Å². The molecule has 1 aliphatic heterocycles. The van der Waals surface area contributed by atoms with E-state index in [0.717, 1.165) is 48.6 Å². The van der Waals surface area contributed by atoms with Crippen LogP contribution in [-0.4, -0.2) is 53.3 Å². The Labute approximate surface area is 180 Å². The van der Waals surface area contributed by atoms with Gasteiger partial charge in [-0.05, 0) is 36.5 Å². The molecule has 0 bridgehead atoms. The first kappa shape index (κ1) is 20.5. The van der Waals surface area contributed by atoms with E-state index in [4.69, 9.17) is 13.7 Å². The van der Waals surface area contributed by atoms with Gasteiger partial charge in [-0.3, -0.25) is 4.18 Å². The van der Waals surface area contributed by atoms with Gasteiger partial charge in [-0.25, -0.2) is 14.5 Å². The topological polar surface area (TPSA) is 105 Å². The molecule has 164 valence electrons. The van der Waals surface area contributed by atoms with Crippen LogP contribution in [0, 0.1) is 0 Å². The summed E-state index contributed by atoms with van der Waals surface area (Å²) in [4.78, 5) is 8.46. The Morgan fingerprint density at radius 3 is 2.52 bits per heavy atom. The van der Waals surface area contributed by atoms with Crippen LogP contribution >= 0.6 is 0 Å². The molecule has 9 nitrogen and oxygen atoms in total. The van der Waals surface area contributed by atoms with Crippen molar-refractivity contribution in [3.63, 3.8) is 0 Å². The molecule has 0 atom stereocenters. The number of ether oxygens (including phenoxy) is 2. The van der Waals surface area contributed by atoms with Crippen molar-refractivity contribution in [2.45, 2.75) is 44.0 Å². The maximum atomic E-state index is 11.1. The summed E-state index contributed by atoms with van der Waals surface area (Å²) in [5, 5.41) is 4.53. The van der Waals surface area contributed by atoms with E-state index in [2.05, 4.69) is 21.1 Å². The van der Waals surface area contributed by atoms with Crippen molar-refractivity contribution >= 4 is 15.6 Å². The highest BCUT2D eigenvalue weighted by Gasteiger charge is 2.41. The Morgan fingerprint density at radius 2 is 1.84 bits per heavy atom. The lowest BCUT2D eigenvalue weighted by Crippen LogP contribution is -2.34. The maximum Gasteiger partial charge on any atom is 0.264 e. The molecular formula is C21H24N4O5S. The monoisotopic (exact) mass is 444 g/mol. The molecule has 1 spiro atoms. The van der Waals surface area contributed by atoms with Gasteiger partial charge in [0.15, 0.2) is 11.6 Å². The van der Waals surface area contributed by atoms with E-state index in [0.29, 0.717) is 25.0 Å². The summed E-state index contributed by atoms with van der Waals surface area (Å²) in [6, 6.07) is 4.06. The van der Waals surface area contributed by atoms with Crippen molar-refractivity contribution in [1.82, 2.24) is 19.6 Å². The first-order chi connectivity index (χ1) is 14.9. The van der Waals surface area contributed by atoms with Crippen LogP contribution in [0.25, 0.3) is 16.6 Å². The number of nitrogens with zero attached hydrogens (tertiary/aromatic N) is 4. The molecule has 0 N–H and O–H groups in total. The second kappa shape index (κ2) is 7.94. The summed E-state index contributed by atoms with van der Waals surface area (Å²) in [7, 11) is -3.53. The van der Waals surface area contributed by atoms with E-state index < -0.39 is 10.1 Å². The van der Waals surface area contributed by atoms with Crippen LogP contribution < -0.4 is 0 Å². The van der Waals surface area contributed by atoms with Crippen LogP contribution in [0.4, 0.5) is 0 Å². The summed E-state index contributed by atoms with van der Waals surface area (Å²) < 4.78 is 40.6. The molecule has 3 aromatic heterocycles. The minimum Gasteiger partial charge on any atom is -0.348 e. The van der Waals surface area contributed by atoms with Crippen molar-refractivity contribution in [2.75, 3.05) is 19.5 Å². The van der Waals surface area contributed by atoms with E-state index >= 15 is 0 Å². The zero-order valence-electron chi connectivity index (χ0n) is 17.2. The molecule has 31 heavy (non-hydrogen) atoms.